The highest BCUT2D eigenvalue weighted by molar-refractivity contribution is 5.74. The largest absolute Gasteiger partial charge is 0.497 e. The van der Waals surface area contributed by atoms with Gasteiger partial charge in [-0.1, -0.05) is 12.1 Å². The number of nitro benzene ring substituents is 4. The second-order valence-electron chi connectivity index (χ2n) is 6.83. The summed E-state index contributed by atoms with van der Waals surface area (Å²) in [6.45, 7) is 0.304. The number of aromatic hydroxyl groups is 1. The molecule has 0 bridgehead atoms. The van der Waals surface area contributed by atoms with Crippen LogP contribution in [0, 0.1) is 40.5 Å². The van der Waals surface area contributed by atoms with Gasteiger partial charge in [-0.25, -0.2) is 4.98 Å². The van der Waals surface area contributed by atoms with Crippen molar-refractivity contribution in [3.63, 3.8) is 0 Å². The molecule has 0 aliphatic carbocycles. The molecule has 3 aromatic carbocycles. The summed E-state index contributed by atoms with van der Waals surface area (Å²) in [5.41, 5.74) is -1.07. The summed E-state index contributed by atoms with van der Waals surface area (Å²) < 4.78 is 7.47. The molecule has 16 nitrogen and oxygen atoms in total. The molecule has 1 N–H and O–H groups in total. The minimum Gasteiger partial charge on any atom is -0.497 e. The Kier molecular flexibility index (Phi) is 7.29. The third kappa shape index (κ3) is 5.63. The second-order valence-corrected chi connectivity index (χ2v) is 6.83. The number of ether oxygens (including phenoxy) is 1. The number of hydrogen-bond acceptors (Lipinski definition) is 11. The summed E-state index contributed by atoms with van der Waals surface area (Å²) in [6, 6.07) is 14.6. The minimum atomic E-state index is -1.21. The lowest BCUT2D eigenvalue weighted by molar-refractivity contribution is -0.404. The Labute approximate surface area is 199 Å². The van der Waals surface area contributed by atoms with Gasteiger partial charge in [0.25, 0.3) is 17.1 Å². The molecule has 184 valence electrons. The number of phenolic OH excluding ortho intramolecular Hbond substituents is 1. The van der Waals surface area contributed by atoms with E-state index in [-0.39, 0.29) is 5.69 Å². The van der Waals surface area contributed by atoms with Gasteiger partial charge < -0.3 is 9.84 Å². The Bertz CT molecular complexity index is 1430. The van der Waals surface area contributed by atoms with Gasteiger partial charge in [0, 0.05) is 12.1 Å². The van der Waals surface area contributed by atoms with E-state index in [2.05, 4.69) is 4.98 Å². The second kappa shape index (κ2) is 10.5. The summed E-state index contributed by atoms with van der Waals surface area (Å²) in [5, 5.41) is 50.8. The molecule has 0 radical (unpaired) electrons. The first-order chi connectivity index (χ1) is 17.1. The molecule has 4 rings (SSSR count). The smallest absolute Gasteiger partial charge is 0.324 e. The van der Waals surface area contributed by atoms with E-state index in [1.807, 2.05) is 28.8 Å². The van der Waals surface area contributed by atoms with Gasteiger partial charge in [-0.15, -0.1) is 0 Å². The topological polar surface area (TPSA) is 220 Å². The first-order valence-electron chi connectivity index (χ1n) is 9.65. The molecule has 36 heavy (non-hydrogen) atoms. The molecule has 0 aliphatic rings. The van der Waals surface area contributed by atoms with Crippen LogP contribution in [0.4, 0.5) is 22.7 Å². The summed E-state index contributed by atoms with van der Waals surface area (Å²) in [7, 11) is 0. The number of imidazole rings is 1. The molecule has 0 fully saturated rings. The zero-order chi connectivity index (χ0) is 26.4. The molecule has 0 aliphatic heterocycles. The van der Waals surface area contributed by atoms with Crippen LogP contribution in [-0.2, 0) is 6.73 Å². The van der Waals surface area contributed by atoms with E-state index in [0.29, 0.717) is 24.6 Å². The highest BCUT2D eigenvalue weighted by atomic mass is 16.6. The molecular formula is C20H14N6O10. The standard InChI is InChI=1S/C14H11N3O3.C6H3N3O7/c18-17(19)11-5-7-12(8-6-11)20-10-16-9-15-13-3-1-2-4-14(13)16;10-6-4(8(13)14)1-3(7(11)12)2-5(6)9(15)16/h1-9H,10H2;1-2,10H. The number of non-ortho nitro benzene ring substituents is 2. The average Bonchev–Trinajstić information content (AvgIpc) is 3.26. The number of benzene rings is 3. The van der Waals surface area contributed by atoms with Crippen LogP contribution >= 0.6 is 0 Å². The fraction of sp³-hybridized carbons (Fsp3) is 0.0500. The molecule has 0 saturated heterocycles. The third-order valence-electron chi connectivity index (χ3n) is 4.60. The van der Waals surface area contributed by atoms with Crippen molar-refractivity contribution in [2.75, 3.05) is 0 Å². The van der Waals surface area contributed by atoms with Gasteiger partial charge in [-0.05, 0) is 24.3 Å². The average molecular weight is 498 g/mol. The predicted molar refractivity (Wildman–Crippen MR) is 122 cm³/mol. The van der Waals surface area contributed by atoms with E-state index in [0.717, 1.165) is 11.0 Å². The summed E-state index contributed by atoms with van der Waals surface area (Å²) in [5.74, 6) is -0.631. The number of rotatable bonds is 7. The predicted octanol–water partition coefficient (Wildman–Crippen LogP) is 4.10. The fourth-order valence-corrected chi connectivity index (χ4v) is 2.89. The van der Waals surface area contributed by atoms with Gasteiger partial charge in [0.1, 0.15) is 5.75 Å². The zero-order valence-electron chi connectivity index (χ0n) is 17.9. The van der Waals surface area contributed by atoms with E-state index in [4.69, 9.17) is 9.84 Å². The van der Waals surface area contributed by atoms with Crippen LogP contribution in [0.3, 0.4) is 0 Å². The maximum absolute atomic E-state index is 10.6. The van der Waals surface area contributed by atoms with Crippen molar-refractivity contribution in [3.8, 4) is 11.5 Å². The van der Waals surface area contributed by atoms with Crippen LogP contribution in [0.2, 0.25) is 0 Å². The molecule has 0 amide bonds. The van der Waals surface area contributed by atoms with Crippen LogP contribution in [0.25, 0.3) is 11.0 Å². The Balaban J connectivity index is 0.000000207. The van der Waals surface area contributed by atoms with Crippen LogP contribution < -0.4 is 4.74 Å². The SMILES string of the molecule is O=[N+]([O-])c1cc([N+](=O)[O-])c(O)c([N+](=O)[O-])c1.O=[N+]([O-])c1ccc(OCn2cnc3ccccc32)cc1. The monoisotopic (exact) mass is 498 g/mol. The van der Waals surface area contributed by atoms with E-state index in [1.165, 1.54) is 12.1 Å². The number of aromatic nitrogens is 2. The van der Waals surface area contributed by atoms with E-state index < -0.39 is 42.5 Å². The lowest BCUT2D eigenvalue weighted by Crippen LogP contribution is -2.03. The summed E-state index contributed by atoms with van der Waals surface area (Å²) >= 11 is 0. The lowest BCUT2D eigenvalue weighted by atomic mass is 10.2. The third-order valence-corrected chi connectivity index (χ3v) is 4.60. The highest BCUT2D eigenvalue weighted by Crippen LogP contribution is 2.38. The maximum Gasteiger partial charge on any atom is 0.324 e. The molecule has 1 heterocycles. The van der Waals surface area contributed by atoms with Crippen LogP contribution in [0.15, 0.2) is 67.0 Å². The molecule has 4 aromatic rings. The quantitative estimate of drug-likeness (QED) is 0.282. The summed E-state index contributed by atoms with van der Waals surface area (Å²) in [4.78, 5) is 42.1. The van der Waals surface area contributed by atoms with Crippen molar-refractivity contribution in [3.05, 3.63) is 107 Å². The van der Waals surface area contributed by atoms with Gasteiger partial charge in [-0.3, -0.25) is 45.0 Å². The highest BCUT2D eigenvalue weighted by Gasteiger charge is 2.30. The number of fused-ring (bicyclic) bond motifs is 1. The van der Waals surface area contributed by atoms with Crippen molar-refractivity contribution >= 4 is 33.8 Å². The first-order valence-corrected chi connectivity index (χ1v) is 9.65. The number of phenols is 1. The number of nitrogens with zero attached hydrogens (tertiary/aromatic N) is 6. The number of nitro groups is 4. The molecule has 16 heteroatoms. The number of para-hydroxylation sites is 2. The van der Waals surface area contributed by atoms with Crippen molar-refractivity contribution in [1.82, 2.24) is 9.55 Å². The van der Waals surface area contributed by atoms with Gasteiger partial charge in [0.2, 0.25) is 0 Å². The fourth-order valence-electron chi connectivity index (χ4n) is 2.89. The Morgan fingerprint density at radius 1 is 0.778 bits per heavy atom. The Hall–Kier alpha value is -5.67. The van der Waals surface area contributed by atoms with Gasteiger partial charge >= 0.3 is 11.4 Å². The zero-order valence-corrected chi connectivity index (χ0v) is 17.9. The molecule has 0 saturated carbocycles. The van der Waals surface area contributed by atoms with Crippen molar-refractivity contribution in [2.45, 2.75) is 6.73 Å². The normalized spacial score (nSPS) is 10.2. The van der Waals surface area contributed by atoms with Crippen LogP contribution in [0.1, 0.15) is 0 Å². The first kappa shape index (κ1) is 25.0. The van der Waals surface area contributed by atoms with Crippen molar-refractivity contribution < 1.29 is 29.5 Å². The molecule has 0 atom stereocenters. The van der Waals surface area contributed by atoms with Gasteiger partial charge in [0.15, 0.2) is 6.73 Å². The van der Waals surface area contributed by atoms with E-state index in [1.54, 1.807) is 18.5 Å². The molecule has 0 spiro atoms. The molecular weight excluding hydrogens is 484 g/mol. The van der Waals surface area contributed by atoms with Crippen LogP contribution in [0.5, 0.6) is 11.5 Å². The Morgan fingerprint density at radius 2 is 1.33 bits per heavy atom. The maximum atomic E-state index is 10.6. The van der Waals surface area contributed by atoms with Gasteiger partial charge in [-0.2, -0.15) is 0 Å². The molecule has 1 aromatic heterocycles. The number of hydrogen-bond donors (Lipinski definition) is 1. The lowest BCUT2D eigenvalue weighted by Gasteiger charge is -2.07. The van der Waals surface area contributed by atoms with Crippen molar-refractivity contribution in [1.29, 1.82) is 0 Å². The van der Waals surface area contributed by atoms with Crippen LogP contribution in [-0.4, -0.2) is 34.4 Å². The van der Waals surface area contributed by atoms with E-state index in [9.17, 15) is 40.5 Å². The van der Waals surface area contributed by atoms with Gasteiger partial charge in [0.05, 0.1) is 49.2 Å². The van der Waals surface area contributed by atoms with E-state index >= 15 is 0 Å². The summed E-state index contributed by atoms with van der Waals surface area (Å²) in [6.07, 6.45) is 1.70. The molecule has 0 unspecified atom stereocenters. The minimum absolute atomic E-state index is 0.0467. The Morgan fingerprint density at radius 3 is 1.86 bits per heavy atom. The van der Waals surface area contributed by atoms with Crippen molar-refractivity contribution in [2.24, 2.45) is 0 Å².